The van der Waals surface area contributed by atoms with Crippen molar-refractivity contribution in [3.05, 3.63) is 23.8 Å². The summed E-state index contributed by atoms with van der Waals surface area (Å²) in [4.78, 5) is 21.0. The number of hydrogen-bond donors (Lipinski definition) is 1. The quantitative estimate of drug-likeness (QED) is 0.786. The molecule has 0 saturated carbocycles. The van der Waals surface area contributed by atoms with Gasteiger partial charge in [0.05, 0.1) is 27.8 Å². The Labute approximate surface area is 144 Å². The molecule has 0 unspecified atom stereocenters. The Morgan fingerprint density at radius 3 is 2.83 bits per heavy atom. The average molecular weight is 366 g/mol. The van der Waals surface area contributed by atoms with Crippen molar-refractivity contribution in [2.45, 2.75) is 12.1 Å². The van der Waals surface area contributed by atoms with Gasteiger partial charge in [-0.2, -0.15) is 0 Å². The number of rotatable bonds is 1. The lowest BCUT2D eigenvalue weighted by Gasteiger charge is -2.42. The predicted octanol–water partition coefficient (Wildman–Crippen LogP) is 0.432. The number of likely N-dealkylation sites (N-methyl/N-ethyl adjacent to an activating group) is 1. The first-order valence-electron chi connectivity index (χ1n) is 7.72. The summed E-state index contributed by atoms with van der Waals surface area (Å²) in [5.74, 6) is 0.0304. The van der Waals surface area contributed by atoms with Crippen LogP contribution < -0.4 is 5.73 Å². The van der Waals surface area contributed by atoms with E-state index in [2.05, 4.69) is 4.98 Å². The summed E-state index contributed by atoms with van der Waals surface area (Å²) in [6.45, 7) is 1.21. The number of amides is 1. The molecule has 3 heterocycles. The standard InChI is InChI=1S/C15H18N4O3S2/c1-18-4-5-19(12-8-24(21,22)7-11(12)18)14(20)9-2-3-13-10(6-9)17-15(16)23-13/h2-3,6,11-12H,4-5,7-8H2,1H3,(H2,16,17)/t11-,12+/m1/s1. The number of thiazole rings is 1. The van der Waals surface area contributed by atoms with E-state index < -0.39 is 9.84 Å². The second kappa shape index (κ2) is 5.40. The molecule has 2 fully saturated rings. The number of sulfone groups is 1. The van der Waals surface area contributed by atoms with Crippen LogP contribution in [-0.4, -0.2) is 72.8 Å². The van der Waals surface area contributed by atoms with E-state index in [0.717, 1.165) is 4.70 Å². The third-order valence-corrected chi connectivity index (χ3v) is 7.43. The lowest BCUT2D eigenvalue weighted by Crippen LogP contribution is -2.59. The number of nitrogens with two attached hydrogens (primary N) is 1. The van der Waals surface area contributed by atoms with E-state index in [9.17, 15) is 13.2 Å². The molecule has 2 aromatic rings. The third-order valence-electron chi connectivity index (χ3n) is 4.87. The third kappa shape index (κ3) is 2.56. The van der Waals surface area contributed by atoms with Crippen LogP contribution >= 0.6 is 11.3 Å². The van der Waals surface area contributed by atoms with Gasteiger partial charge in [-0.3, -0.25) is 9.69 Å². The maximum Gasteiger partial charge on any atom is 0.254 e. The van der Waals surface area contributed by atoms with Crippen LogP contribution in [0.4, 0.5) is 5.13 Å². The van der Waals surface area contributed by atoms with Crippen LogP contribution in [-0.2, 0) is 9.84 Å². The molecule has 0 radical (unpaired) electrons. The van der Waals surface area contributed by atoms with Gasteiger partial charge in [-0.25, -0.2) is 13.4 Å². The monoisotopic (exact) mass is 366 g/mol. The number of hydrogen-bond acceptors (Lipinski definition) is 7. The van der Waals surface area contributed by atoms with Gasteiger partial charge in [-0.05, 0) is 25.2 Å². The molecule has 2 aliphatic heterocycles. The smallest absolute Gasteiger partial charge is 0.254 e. The van der Waals surface area contributed by atoms with E-state index in [1.807, 2.05) is 18.0 Å². The fourth-order valence-electron chi connectivity index (χ4n) is 3.62. The molecule has 0 aliphatic carbocycles. The molecule has 7 nitrogen and oxygen atoms in total. The molecule has 2 N–H and O–H groups in total. The molecule has 0 bridgehead atoms. The summed E-state index contributed by atoms with van der Waals surface area (Å²) in [5, 5.41) is 0.469. The van der Waals surface area contributed by atoms with Gasteiger partial charge in [0.15, 0.2) is 15.0 Å². The van der Waals surface area contributed by atoms with Gasteiger partial charge >= 0.3 is 0 Å². The summed E-state index contributed by atoms with van der Waals surface area (Å²) >= 11 is 1.38. The lowest BCUT2D eigenvalue weighted by molar-refractivity contribution is 0.0410. The van der Waals surface area contributed by atoms with Crippen LogP contribution in [0.3, 0.4) is 0 Å². The Kier molecular flexibility index (Phi) is 3.55. The van der Waals surface area contributed by atoms with Crippen LogP contribution in [0.2, 0.25) is 0 Å². The zero-order valence-corrected chi connectivity index (χ0v) is 14.8. The molecule has 9 heteroatoms. The van der Waals surface area contributed by atoms with Gasteiger partial charge in [-0.1, -0.05) is 11.3 Å². The molecule has 4 rings (SSSR count). The predicted molar refractivity (Wildman–Crippen MR) is 93.9 cm³/mol. The van der Waals surface area contributed by atoms with Crippen molar-refractivity contribution in [2.75, 3.05) is 37.4 Å². The number of benzene rings is 1. The summed E-state index contributed by atoms with van der Waals surface area (Å²) in [5.41, 5.74) is 6.94. The average Bonchev–Trinajstić information content (AvgIpc) is 3.04. The van der Waals surface area contributed by atoms with Crippen molar-refractivity contribution in [1.82, 2.24) is 14.8 Å². The van der Waals surface area contributed by atoms with Crippen molar-refractivity contribution >= 4 is 42.4 Å². The molecule has 0 spiro atoms. The van der Waals surface area contributed by atoms with E-state index in [-0.39, 0.29) is 29.5 Å². The molecular formula is C15H18N4O3S2. The van der Waals surface area contributed by atoms with E-state index >= 15 is 0 Å². The molecule has 2 atom stereocenters. The fourth-order valence-corrected chi connectivity index (χ4v) is 6.39. The number of carbonyl (C=O) groups excluding carboxylic acids is 1. The first-order chi connectivity index (χ1) is 11.3. The minimum Gasteiger partial charge on any atom is -0.375 e. The largest absolute Gasteiger partial charge is 0.375 e. The van der Waals surface area contributed by atoms with Gasteiger partial charge < -0.3 is 10.6 Å². The van der Waals surface area contributed by atoms with Crippen molar-refractivity contribution in [2.24, 2.45) is 0 Å². The van der Waals surface area contributed by atoms with E-state index in [0.29, 0.717) is 29.3 Å². The zero-order chi connectivity index (χ0) is 17.1. The highest BCUT2D eigenvalue weighted by Crippen LogP contribution is 2.29. The maximum absolute atomic E-state index is 13.0. The second-order valence-electron chi connectivity index (χ2n) is 6.43. The number of carbonyl (C=O) groups is 1. The number of piperazine rings is 1. The molecule has 1 amide bonds. The normalized spacial score (nSPS) is 26.6. The van der Waals surface area contributed by atoms with Crippen LogP contribution in [0.1, 0.15) is 10.4 Å². The van der Waals surface area contributed by atoms with Crippen molar-refractivity contribution in [1.29, 1.82) is 0 Å². The first kappa shape index (κ1) is 15.8. The number of aromatic nitrogens is 1. The highest BCUT2D eigenvalue weighted by Gasteiger charge is 2.47. The van der Waals surface area contributed by atoms with Gasteiger partial charge in [0.25, 0.3) is 5.91 Å². The summed E-state index contributed by atoms with van der Waals surface area (Å²) in [6.07, 6.45) is 0. The second-order valence-corrected chi connectivity index (χ2v) is 9.64. The Hall–Kier alpha value is -1.71. The minimum atomic E-state index is -3.10. The Balaban J connectivity index is 1.67. The molecule has 2 saturated heterocycles. The van der Waals surface area contributed by atoms with Gasteiger partial charge in [0, 0.05) is 24.7 Å². The molecule has 1 aromatic heterocycles. The van der Waals surface area contributed by atoms with E-state index in [4.69, 9.17) is 5.73 Å². The number of fused-ring (bicyclic) bond motifs is 2. The number of anilines is 1. The van der Waals surface area contributed by atoms with Crippen LogP contribution in [0.15, 0.2) is 18.2 Å². The van der Waals surface area contributed by atoms with Crippen molar-refractivity contribution in [3.8, 4) is 0 Å². The maximum atomic E-state index is 13.0. The van der Waals surface area contributed by atoms with E-state index in [1.165, 1.54) is 11.3 Å². The Morgan fingerprint density at radius 2 is 2.04 bits per heavy atom. The van der Waals surface area contributed by atoms with E-state index in [1.54, 1.807) is 17.0 Å². The molecule has 1 aromatic carbocycles. The summed E-state index contributed by atoms with van der Waals surface area (Å²) in [7, 11) is -1.18. The highest BCUT2D eigenvalue weighted by molar-refractivity contribution is 7.91. The van der Waals surface area contributed by atoms with Crippen molar-refractivity contribution < 1.29 is 13.2 Å². The zero-order valence-electron chi connectivity index (χ0n) is 13.2. The number of nitrogens with zero attached hydrogens (tertiary/aromatic N) is 3. The Morgan fingerprint density at radius 1 is 1.29 bits per heavy atom. The molecule has 128 valence electrons. The van der Waals surface area contributed by atoms with Gasteiger partial charge in [0.1, 0.15) is 0 Å². The molecular weight excluding hydrogens is 348 g/mol. The summed E-state index contributed by atoms with van der Waals surface area (Å²) < 4.78 is 25.0. The van der Waals surface area contributed by atoms with Crippen LogP contribution in [0, 0.1) is 0 Å². The van der Waals surface area contributed by atoms with Crippen LogP contribution in [0.25, 0.3) is 10.2 Å². The number of nitrogen functional groups attached to an aromatic ring is 1. The minimum absolute atomic E-state index is 0.0413. The fraction of sp³-hybridized carbons (Fsp3) is 0.467. The Bertz CT molecular complexity index is 924. The molecule has 2 aliphatic rings. The highest BCUT2D eigenvalue weighted by atomic mass is 32.2. The van der Waals surface area contributed by atoms with Crippen molar-refractivity contribution in [3.63, 3.8) is 0 Å². The first-order valence-corrected chi connectivity index (χ1v) is 10.4. The van der Waals surface area contributed by atoms with Gasteiger partial charge in [0.2, 0.25) is 0 Å². The van der Waals surface area contributed by atoms with Gasteiger partial charge in [-0.15, -0.1) is 0 Å². The summed E-state index contributed by atoms with van der Waals surface area (Å²) in [6, 6.07) is 4.94. The molecule has 24 heavy (non-hydrogen) atoms. The SMILES string of the molecule is CN1CCN(C(=O)c2ccc3sc(N)nc3c2)[C@H]2CS(=O)(=O)C[C@H]21. The topological polar surface area (TPSA) is 96.6 Å². The lowest BCUT2D eigenvalue weighted by atomic mass is 10.0. The van der Waals surface area contributed by atoms with Crippen LogP contribution in [0.5, 0.6) is 0 Å².